The lowest BCUT2D eigenvalue weighted by Gasteiger charge is -2.28. The van der Waals surface area contributed by atoms with Gasteiger partial charge in [-0.3, -0.25) is 0 Å². The molecular formula is C14H20O5. The highest BCUT2D eigenvalue weighted by Crippen LogP contribution is 2.41. The Hall–Kier alpha value is -1.46. The van der Waals surface area contributed by atoms with E-state index < -0.39 is 0 Å². The van der Waals surface area contributed by atoms with Gasteiger partial charge in [0, 0.05) is 24.7 Å². The summed E-state index contributed by atoms with van der Waals surface area (Å²) >= 11 is 0. The van der Waals surface area contributed by atoms with Crippen molar-refractivity contribution in [3.63, 3.8) is 0 Å². The minimum atomic E-state index is -0.337. The summed E-state index contributed by atoms with van der Waals surface area (Å²) < 4.78 is 21.6. The van der Waals surface area contributed by atoms with Crippen LogP contribution in [0.2, 0.25) is 0 Å². The zero-order valence-electron chi connectivity index (χ0n) is 11.5. The van der Waals surface area contributed by atoms with Gasteiger partial charge in [-0.25, -0.2) is 0 Å². The van der Waals surface area contributed by atoms with Crippen molar-refractivity contribution in [3.05, 3.63) is 17.7 Å². The highest BCUT2D eigenvalue weighted by molar-refractivity contribution is 5.51. The van der Waals surface area contributed by atoms with E-state index in [1.165, 1.54) is 0 Å². The van der Waals surface area contributed by atoms with Crippen molar-refractivity contribution in [2.75, 3.05) is 27.9 Å². The summed E-state index contributed by atoms with van der Waals surface area (Å²) in [7, 11) is 4.77. The van der Waals surface area contributed by atoms with Gasteiger partial charge in [0.25, 0.3) is 0 Å². The highest BCUT2D eigenvalue weighted by atomic mass is 16.5. The van der Waals surface area contributed by atoms with E-state index in [1.54, 1.807) is 27.4 Å². The Kier molecular flexibility index (Phi) is 4.50. The Balaban J connectivity index is 2.37. The average Bonchev–Trinajstić information content (AvgIpc) is 2.45. The number of rotatable bonds is 4. The zero-order chi connectivity index (χ0) is 13.8. The van der Waals surface area contributed by atoms with Crippen molar-refractivity contribution >= 4 is 0 Å². The van der Waals surface area contributed by atoms with Crippen LogP contribution in [0.3, 0.4) is 0 Å². The van der Waals surface area contributed by atoms with Crippen molar-refractivity contribution in [1.82, 2.24) is 0 Å². The smallest absolute Gasteiger partial charge is 0.164 e. The molecule has 0 aromatic heterocycles. The fraction of sp³-hybridized carbons (Fsp3) is 0.571. The van der Waals surface area contributed by atoms with Gasteiger partial charge in [-0.2, -0.15) is 0 Å². The molecule has 0 aliphatic carbocycles. The molecule has 1 N–H and O–H groups in total. The Morgan fingerprint density at radius 3 is 2.26 bits per heavy atom. The SMILES string of the molecule is COc1cc(OC)c(C2CC(O)CCO2)cc1OC. The molecule has 1 heterocycles. The van der Waals surface area contributed by atoms with Crippen LogP contribution in [0.15, 0.2) is 12.1 Å². The van der Waals surface area contributed by atoms with Crippen LogP contribution in [0.25, 0.3) is 0 Å². The quantitative estimate of drug-likeness (QED) is 0.904. The third-order valence-corrected chi connectivity index (χ3v) is 3.34. The second-order valence-corrected chi connectivity index (χ2v) is 4.49. The lowest BCUT2D eigenvalue weighted by atomic mass is 9.98. The van der Waals surface area contributed by atoms with E-state index in [0.717, 1.165) is 5.56 Å². The molecule has 0 saturated carbocycles. The van der Waals surface area contributed by atoms with Crippen LogP contribution in [0.4, 0.5) is 0 Å². The Morgan fingerprint density at radius 2 is 1.68 bits per heavy atom. The largest absolute Gasteiger partial charge is 0.496 e. The molecule has 5 nitrogen and oxygen atoms in total. The first kappa shape index (κ1) is 14.0. The van der Waals surface area contributed by atoms with Crippen LogP contribution in [-0.4, -0.2) is 39.1 Å². The van der Waals surface area contributed by atoms with Crippen molar-refractivity contribution < 1.29 is 24.1 Å². The molecule has 19 heavy (non-hydrogen) atoms. The number of hydrogen-bond donors (Lipinski definition) is 1. The van der Waals surface area contributed by atoms with Crippen molar-refractivity contribution in [3.8, 4) is 17.2 Å². The van der Waals surface area contributed by atoms with E-state index in [9.17, 15) is 5.11 Å². The van der Waals surface area contributed by atoms with E-state index in [2.05, 4.69) is 0 Å². The van der Waals surface area contributed by atoms with Gasteiger partial charge < -0.3 is 24.1 Å². The standard InChI is InChI=1S/C14H20O5/c1-16-11-8-14(18-3)13(17-2)7-10(11)12-6-9(15)4-5-19-12/h7-9,12,15H,4-6H2,1-3H3. The van der Waals surface area contributed by atoms with Crippen molar-refractivity contribution in [2.24, 2.45) is 0 Å². The highest BCUT2D eigenvalue weighted by Gasteiger charge is 2.26. The first-order chi connectivity index (χ1) is 9.19. The van der Waals surface area contributed by atoms with Gasteiger partial charge in [-0.15, -0.1) is 0 Å². The summed E-state index contributed by atoms with van der Waals surface area (Å²) in [4.78, 5) is 0. The van der Waals surface area contributed by atoms with Crippen LogP contribution in [0, 0.1) is 0 Å². The Bertz CT molecular complexity index is 432. The van der Waals surface area contributed by atoms with E-state index in [4.69, 9.17) is 18.9 Å². The normalized spacial score (nSPS) is 22.9. The third kappa shape index (κ3) is 2.93. The third-order valence-electron chi connectivity index (χ3n) is 3.34. The second-order valence-electron chi connectivity index (χ2n) is 4.49. The zero-order valence-corrected chi connectivity index (χ0v) is 11.5. The Labute approximate surface area is 113 Å². The summed E-state index contributed by atoms with van der Waals surface area (Å²) in [6, 6.07) is 3.62. The topological polar surface area (TPSA) is 57.2 Å². The molecule has 0 bridgehead atoms. The fourth-order valence-corrected chi connectivity index (χ4v) is 2.30. The lowest BCUT2D eigenvalue weighted by molar-refractivity contribution is -0.0456. The van der Waals surface area contributed by atoms with Gasteiger partial charge in [-0.1, -0.05) is 0 Å². The molecule has 2 atom stereocenters. The molecule has 1 aliphatic rings. The van der Waals surface area contributed by atoms with Crippen molar-refractivity contribution in [2.45, 2.75) is 25.0 Å². The molecule has 2 unspecified atom stereocenters. The molecule has 1 aromatic carbocycles. The predicted octanol–water partition coefficient (Wildman–Crippen LogP) is 1.92. The lowest BCUT2D eigenvalue weighted by Crippen LogP contribution is -2.23. The summed E-state index contributed by atoms with van der Waals surface area (Å²) in [6.07, 6.45) is 0.716. The second kappa shape index (κ2) is 6.12. The van der Waals surface area contributed by atoms with E-state index in [0.29, 0.717) is 36.7 Å². The van der Waals surface area contributed by atoms with Gasteiger partial charge >= 0.3 is 0 Å². The molecule has 1 saturated heterocycles. The predicted molar refractivity (Wildman–Crippen MR) is 70.0 cm³/mol. The average molecular weight is 268 g/mol. The number of hydrogen-bond acceptors (Lipinski definition) is 5. The Morgan fingerprint density at radius 1 is 1.05 bits per heavy atom. The molecule has 1 fully saturated rings. The summed E-state index contributed by atoms with van der Waals surface area (Å²) in [5, 5.41) is 9.76. The molecule has 1 aliphatic heterocycles. The maximum absolute atomic E-state index is 9.76. The summed E-state index contributed by atoms with van der Waals surface area (Å²) in [5.41, 5.74) is 0.874. The molecule has 0 spiro atoms. The van der Waals surface area contributed by atoms with Gasteiger partial charge in [0.1, 0.15) is 5.75 Å². The van der Waals surface area contributed by atoms with Crippen LogP contribution in [-0.2, 0) is 4.74 Å². The van der Waals surface area contributed by atoms with E-state index in [1.807, 2.05) is 6.07 Å². The number of aliphatic hydroxyl groups excluding tert-OH is 1. The molecule has 0 radical (unpaired) electrons. The van der Waals surface area contributed by atoms with Crippen LogP contribution in [0.5, 0.6) is 17.2 Å². The summed E-state index contributed by atoms with van der Waals surface area (Å²) in [6.45, 7) is 0.545. The van der Waals surface area contributed by atoms with Gasteiger partial charge in [0.15, 0.2) is 11.5 Å². The van der Waals surface area contributed by atoms with Crippen LogP contribution < -0.4 is 14.2 Å². The number of aliphatic hydroxyl groups is 1. The monoisotopic (exact) mass is 268 g/mol. The summed E-state index contributed by atoms with van der Waals surface area (Å²) in [5.74, 6) is 1.91. The number of methoxy groups -OCH3 is 3. The van der Waals surface area contributed by atoms with Gasteiger partial charge in [0.05, 0.1) is 33.5 Å². The fourth-order valence-electron chi connectivity index (χ4n) is 2.30. The maximum atomic E-state index is 9.76. The molecule has 106 valence electrons. The van der Waals surface area contributed by atoms with Crippen molar-refractivity contribution in [1.29, 1.82) is 0 Å². The molecule has 2 rings (SSSR count). The molecular weight excluding hydrogens is 248 g/mol. The maximum Gasteiger partial charge on any atom is 0.164 e. The first-order valence-electron chi connectivity index (χ1n) is 6.29. The minimum absolute atomic E-state index is 0.182. The van der Waals surface area contributed by atoms with Crippen LogP contribution >= 0.6 is 0 Å². The van der Waals surface area contributed by atoms with E-state index in [-0.39, 0.29) is 12.2 Å². The number of benzene rings is 1. The molecule has 1 aromatic rings. The first-order valence-corrected chi connectivity index (χ1v) is 6.29. The van der Waals surface area contributed by atoms with E-state index >= 15 is 0 Å². The minimum Gasteiger partial charge on any atom is -0.496 e. The van der Waals surface area contributed by atoms with Crippen LogP contribution in [0.1, 0.15) is 24.5 Å². The van der Waals surface area contributed by atoms with Gasteiger partial charge in [-0.05, 0) is 12.5 Å². The molecule has 5 heteroatoms. The number of ether oxygens (including phenoxy) is 4. The molecule has 0 amide bonds. The van der Waals surface area contributed by atoms with Gasteiger partial charge in [0.2, 0.25) is 0 Å².